The van der Waals surface area contributed by atoms with E-state index in [2.05, 4.69) is 36.3 Å². The molecule has 0 bridgehead atoms. The van der Waals surface area contributed by atoms with Crippen molar-refractivity contribution in [1.82, 2.24) is 9.78 Å². The lowest BCUT2D eigenvalue weighted by atomic mass is 10.0. The summed E-state index contributed by atoms with van der Waals surface area (Å²) < 4.78 is 1.89. The van der Waals surface area contributed by atoms with E-state index >= 15 is 0 Å². The van der Waals surface area contributed by atoms with Crippen LogP contribution in [0.15, 0.2) is 30.5 Å². The third-order valence-corrected chi connectivity index (χ3v) is 3.06. The van der Waals surface area contributed by atoms with Gasteiger partial charge in [0.05, 0.1) is 6.20 Å². The lowest BCUT2D eigenvalue weighted by molar-refractivity contribution is 0.738. The molecule has 2 aromatic rings. The van der Waals surface area contributed by atoms with Crippen LogP contribution in [-0.2, 0) is 13.5 Å². The van der Waals surface area contributed by atoms with Crippen molar-refractivity contribution >= 4 is 0 Å². The van der Waals surface area contributed by atoms with E-state index in [1.165, 1.54) is 22.4 Å². The molecule has 2 N–H and O–H groups in total. The third-order valence-electron chi connectivity index (χ3n) is 3.06. The Balaban J connectivity index is 2.26. The van der Waals surface area contributed by atoms with Gasteiger partial charge in [0, 0.05) is 24.3 Å². The summed E-state index contributed by atoms with van der Waals surface area (Å²) in [7, 11) is 1.96. The Morgan fingerprint density at radius 1 is 1.29 bits per heavy atom. The van der Waals surface area contributed by atoms with Crippen molar-refractivity contribution < 1.29 is 0 Å². The molecule has 1 unspecified atom stereocenters. The molecular weight excluding hydrogens is 210 g/mol. The number of rotatable bonds is 3. The van der Waals surface area contributed by atoms with E-state index in [0.717, 1.165) is 6.42 Å². The highest BCUT2D eigenvalue weighted by Crippen LogP contribution is 2.23. The maximum Gasteiger partial charge on any atom is 0.0571 e. The van der Waals surface area contributed by atoms with Gasteiger partial charge in [-0.05, 0) is 31.4 Å². The molecule has 0 aliphatic rings. The van der Waals surface area contributed by atoms with Crippen molar-refractivity contribution in [1.29, 1.82) is 0 Å². The minimum absolute atomic E-state index is 0.209. The van der Waals surface area contributed by atoms with Gasteiger partial charge < -0.3 is 5.73 Å². The molecule has 1 aromatic heterocycles. The number of nitrogens with two attached hydrogens (primary N) is 1. The quantitative estimate of drug-likeness (QED) is 0.877. The van der Waals surface area contributed by atoms with Gasteiger partial charge >= 0.3 is 0 Å². The molecule has 1 aromatic carbocycles. The van der Waals surface area contributed by atoms with Crippen LogP contribution in [0.1, 0.15) is 18.2 Å². The molecule has 0 spiro atoms. The first kappa shape index (κ1) is 11.9. The van der Waals surface area contributed by atoms with Gasteiger partial charge in [-0.25, -0.2) is 0 Å². The topological polar surface area (TPSA) is 43.8 Å². The monoisotopic (exact) mass is 229 g/mol. The molecule has 0 aliphatic heterocycles. The van der Waals surface area contributed by atoms with Crippen LogP contribution in [0.3, 0.4) is 0 Å². The molecule has 17 heavy (non-hydrogen) atoms. The summed E-state index contributed by atoms with van der Waals surface area (Å²) in [5.74, 6) is 0. The Morgan fingerprint density at radius 3 is 2.41 bits per heavy atom. The van der Waals surface area contributed by atoms with Crippen molar-refractivity contribution in [2.75, 3.05) is 0 Å². The molecule has 0 aliphatic carbocycles. The van der Waals surface area contributed by atoms with Crippen molar-refractivity contribution in [3.8, 4) is 11.1 Å². The predicted octanol–water partition coefficient (Wildman–Crippen LogP) is 2.29. The first-order valence-electron chi connectivity index (χ1n) is 5.91. The van der Waals surface area contributed by atoms with Crippen LogP contribution in [0.5, 0.6) is 0 Å². The molecule has 0 saturated heterocycles. The zero-order valence-electron chi connectivity index (χ0n) is 10.6. The average Bonchev–Trinajstić information content (AvgIpc) is 2.60. The predicted molar refractivity (Wildman–Crippen MR) is 70.7 cm³/mol. The van der Waals surface area contributed by atoms with Crippen molar-refractivity contribution in [3.05, 3.63) is 41.7 Å². The van der Waals surface area contributed by atoms with Gasteiger partial charge in [-0.2, -0.15) is 5.10 Å². The fraction of sp³-hybridized carbons (Fsp3) is 0.357. The maximum absolute atomic E-state index is 5.79. The van der Waals surface area contributed by atoms with E-state index in [-0.39, 0.29) is 6.04 Å². The number of hydrogen-bond donors (Lipinski definition) is 1. The Hall–Kier alpha value is -1.61. The smallest absolute Gasteiger partial charge is 0.0571 e. The number of nitrogens with zero attached hydrogens (tertiary/aromatic N) is 2. The van der Waals surface area contributed by atoms with Gasteiger partial charge in [0.2, 0.25) is 0 Å². The van der Waals surface area contributed by atoms with Crippen molar-refractivity contribution in [3.63, 3.8) is 0 Å². The van der Waals surface area contributed by atoms with Gasteiger partial charge in [-0.1, -0.05) is 24.3 Å². The van der Waals surface area contributed by atoms with E-state index in [4.69, 9.17) is 5.73 Å². The van der Waals surface area contributed by atoms with E-state index in [0.29, 0.717) is 0 Å². The zero-order valence-corrected chi connectivity index (χ0v) is 10.6. The summed E-state index contributed by atoms with van der Waals surface area (Å²) in [6.45, 7) is 4.11. The number of aryl methyl sites for hydroxylation is 1. The normalized spacial score (nSPS) is 12.7. The van der Waals surface area contributed by atoms with Gasteiger partial charge in [-0.15, -0.1) is 0 Å². The Kier molecular flexibility index (Phi) is 3.29. The number of aromatic nitrogens is 2. The number of hydrogen-bond acceptors (Lipinski definition) is 2. The molecule has 3 nitrogen and oxygen atoms in total. The molecule has 1 atom stereocenters. The lowest BCUT2D eigenvalue weighted by Gasteiger charge is -2.06. The fourth-order valence-corrected chi connectivity index (χ4v) is 1.97. The van der Waals surface area contributed by atoms with Crippen LogP contribution in [0.25, 0.3) is 11.1 Å². The van der Waals surface area contributed by atoms with E-state index in [9.17, 15) is 0 Å². The third kappa shape index (κ3) is 2.56. The highest BCUT2D eigenvalue weighted by molar-refractivity contribution is 5.65. The molecule has 3 heteroatoms. The Bertz CT molecular complexity index is 495. The van der Waals surface area contributed by atoms with Crippen LogP contribution in [0, 0.1) is 6.92 Å². The van der Waals surface area contributed by atoms with Gasteiger partial charge in [0.15, 0.2) is 0 Å². The lowest BCUT2D eigenvalue weighted by Crippen LogP contribution is -2.17. The summed E-state index contributed by atoms with van der Waals surface area (Å²) in [6, 6.07) is 8.78. The van der Waals surface area contributed by atoms with Crippen LogP contribution in [0.2, 0.25) is 0 Å². The number of benzene rings is 1. The highest BCUT2D eigenvalue weighted by atomic mass is 15.3. The van der Waals surface area contributed by atoms with Crippen LogP contribution < -0.4 is 5.73 Å². The first-order valence-corrected chi connectivity index (χ1v) is 5.91. The van der Waals surface area contributed by atoms with Crippen LogP contribution in [-0.4, -0.2) is 15.8 Å². The van der Waals surface area contributed by atoms with Crippen LogP contribution >= 0.6 is 0 Å². The van der Waals surface area contributed by atoms with E-state index in [1.54, 1.807) is 0 Å². The molecule has 90 valence electrons. The van der Waals surface area contributed by atoms with E-state index < -0.39 is 0 Å². The second kappa shape index (κ2) is 4.72. The summed E-state index contributed by atoms with van der Waals surface area (Å²) in [5, 5.41) is 4.26. The minimum Gasteiger partial charge on any atom is -0.328 e. The zero-order chi connectivity index (χ0) is 12.4. The molecule has 0 amide bonds. The largest absolute Gasteiger partial charge is 0.328 e. The Morgan fingerprint density at radius 2 is 1.94 bits per heavy atom. The maximum atomic E-state index is 5.79. The second-order valence-corrected chi connectivity index (χ2v) is 4.65. The molecular formula is C14H19N3. The molecule has 0 fully saturated rings. The van der Waals surface area contributed by atoms with Crippen LogP contribution in [0.4, 0.5) is 0 Å². The first-order chi connectivity index (χ1) is 8.08. The summed E-state index contributed by atoms with van der Waals surface area (Å²) in [6.07, 6.45) is 2.84. The highest BCUT2D eigenvalue weighted by Gasteiger charge is 2.06. The molecule has 0 radical (unpaired) electrons. The molecule has 2 rings (SSSR count). The van der Waals surface area contributed by atoms with Crippen molar-refractivity contribution in [2.24, 2.45) is 12.8 Å². The van der Waals surface area contributed by atoms with Gasteiger partial charge in [0.25, 0.3) is 0 Å². The fourth-order valence-electron chi connectivity index (χ4n) is 1.97. The Labute approximate surface area is 102 Å². The standard InChI is InChI=1S/C14H19N3/c1-10(15)8-12-4-6-13(7-5-12)14-9-16-17(3)11(14)2/h4-7,9-10H,8,15H2,1-3H3. The summed E-state index contributed by atoms with van der Waals surface area (Å²) in [4.78, 5) is 0. The summed E-state index contributed by atoms with van der Waals surface area (Å²) >= 11 is 0. The average molecular weight is 229 g/mol. The van der Waals surface area contributed by atoms with Gasteiger partial charge in [-0.3, -0.25) is 4.68 Å². The van der Waals surface area contributed by atoms with Crippen molar-refractivity contribution in [2.45, 2.75) is 26.3 Å². The molecule has 1 heterocycles. The SMILES string of the molecule is Cc1c(-c2ccc(CC(C)N)cc2)cnn1C. The minimum atomic E-state index is 0.209. The van der Waals surface area contributed by atoms with Gasteiger partial charge in [0.1, 0.15) is 0 Å². The second-order valence-electron chi connectivity index (χ2n) is 4.65. The van der Waals surface area contributed by atoms with E-state index in [1.807, 2.05) is 24.9 Å². The summed E-state index contributed by atoms with van der Waals surface area (Å²) in [5.41, 5.74) is 10.7. The molecule has 0 saturated carbocycles.